The summed E-state index contributed by atoms with van der Waals surface area (Å²) >= 11 is 1.74. The van der Waals surface area contributed by atoms with Crippen molar-refractivity contribution in [1.29, 1.82) is 0 Å². The summed E-state index contributed by atoms with van der Waals surface area (Å²) in [6, 6.07) is 10.1. The van der Waals surface area contributed by atoms with Crippen LogP contribution in [0, 0.1) is 5.92 Å². The molecule has 6 heteroatoms. The predicted octanol–water partition coefficient (Wildman–Crippen LogP) is 4.88. The van der Waals surface area contributed by atoms with Crippen LogP contribution in [-0.4, -0.2) is 47.9 Å². The average molecular weight is 443 g/mol. The van der Waals surface area contributed by atoms with Gasteiger partial charge in [0.1, 0.15) is 12.4 Å². The van der Waals surface area contributed by atoms with Crippen LogP contribution in [0.1, 0.15) is 62.6 Å². The summed E-state index contributed by atoms with van der Waals surface area (Å²) in [7, 11) is 0. The van der Waals surface area contributed by atoms with Gasteiger partial charge in [-0.2, -0.15) is 0 Å². The van der Waals surface area contributed by atoms with Crippen molar-refractivity contribution < 1.29 is 14.3 Å². The fourth-order valence-corrected chi connectivity index (χ4v) is 4.93. The largest absolute Gasteiger partial charge is 0.491 e. The molecule has 31 heavy (non-hydrogen) atoms. The maximum atomic E-state index is 13.2. The lowest BCUT2D eigenvalue weighted by Crippen LogP contribution is -2.48. The van der Waals surface area contributed by atoms with Crippen LogP contribution in [0.15, 0.2) is 35.7 Å². The molecule has 1 aromatic heterocycles. The number of amides is 2. The van der Waals surface area contributed by atoms with Crippen LogP contribution in [-0.2, 0) is 16.0 Å². The molecule has 1 aliphatic rings. The van der Waals surface area contributed by atoms with Crippen molar-refractivity contribution in [2.45, 2.75) is 53.0 Å². The molecule has 1 atom stereocenters. The predicted molar refractivity (Wildman–Crippen MR) is 126 cm³/mol. The van der Waals surface area contributed by atoms with E-state index in [1.54, 1.807) is 16.2 Å². The van der Waals surface area contributed by atoms with Crippen LogP contribution in [0.3, 0.4) is 0 Å². The molecule has 0 saturated heterocycles. The molecule has 2 amide bonds. The number of carbonyl (C=O) groups excluding carboxylic acids is 2. The van der Waals surface area contributed by atoms with Crippen molar-refractivity contribution in [2.75, 3.05) is 26.2 Å². The second-order valence-electron chi connectivity index (χ2n) is 8.98. The highest BCUT2D eigenvalue weighted by Crippen LogP contribution is 2.34. The number of thiophene rings is 1. The Morgan fingerprint density at radius 3 is 2.48 bits per heavy atom. The number of fused-ring (bicyclic) bond motifs is 1. The first-order valence-electron chi connectivity index (χ1n) is 11.1. The maximum absolute atomic E-state index is 13.2. The van der Waals surface area contributed by atoms with E-state index < -0.39 is 0 Å². The minimum atomic E-state index is -0.139. The first-order chi connectivity index (χ1) is 14.8. The molecule has 0 unspecified atom stereocenters. The first kappa shape index (κ1) is 23.3. The zero-order chi connectivity index (χ0) is 22.5. The van der Waals surface area contributed by atoms with Gasteiger partial charge >= 0.3 is 0 Å². The minimum Gasteiger partial charge on any atom is -0.491 e. The zero-order valence-corrected chi connectivity index (χ0v) is 20.1. The van der Waals surface area contributed by atoms with Crippen LogP contribution in [0.25, 0.3) is 0 Å². The molecule has 0 saturated carbocycles. The lowest BCUT2D eigenvalue weighted by molar-refractivity contribution is -0.142. The molecule has 0 radical (unpaired) electrons. The van der Waals surface area contributed by atoms with Crippen molar-refractivity contribution in [3.05, 3.63) is 51.7 Å². The quantitative estimate of drug-likeness (QED) is 0.585. The number of nitrogens with zero attached hydrogens (tertiary/aromatic N) is 2. The van der Waals surface area contributed by atoms with Gasteiger partial charge in [0.25, 0.3) is 0 Å². The van der Waals surface area contributed by atoms with Crippen LogP contribution in [0.2, 0.25) is 0 Å². The average Bonchev–Trinajstić information content (AvgIpc) is 3.20. The summed E-state index contributed by atoms with van der Waals surface area (Å²) in [5.74, 6) is 1.52. The summed E-state index contributed by atoms with van der Waals surface area (Å²) in [6.07, 6.45) is 0.850. The second kappa shape index (κ2) is 10.3. The van der Waals surface area contributed by atoms with Gasteiger partial charge in [-0.1, -0.05) is 39.8 Å². The highest BCUT2D eigenvalue weighted by molar-refractivity contribution is 7.10. The topological polar surface area (TPSA) is 49.9 Å². The summed E-state index contributed by atoms with van der Waals surface area (Å²) in [6.45, 7) is 11.7. The number of carbonyl (C=O) groups is 2. The molecule has 0 bridgehead atoms. The number of ether oxygens (including phenoxy) is 1. The third kappa shape index (κ3) is 5.88. The van der Waals surface area contributed by atoms with Crippen molar-refractivity contribution in [3.8, 4) is 5.75 Å². The third-order valence-corrected chi connectivity index (χ3v) is 6.72. The second-order valence-corrected chi connectivity index (χ2v) is 9.98. The molecule has 2 heterocycles. The molecule has 2 aromatic rings. The van der Waals surface area contributed by atoms with Gasteiger partial charge in [-0.3, -0.25) is 9.59 Å². The van der Waals surface area contributed by atoms with Crippen molar-refractivity contribution in [1.82, 2.24) is 9.80 Å². The Kier molecular flexibility index (Phi) is 7.76. The van der Waals surface area contributed by atoms with E-state index in [4.69, 9.17) is 4.74 Å². The molecule has 0 spiro atoms. The van der Waals surface area contributed by atoms with E-state index in [0.717, 1.165) is 12.2 Å². The highest BCUT2D eigenvalue weighted by atomic mass is 32.1. The van der Waals surface area contributed by atoms with Gasteiger partial charge in [0, 0.05) is 24.9 Å². The number of hydrogen-bond acceptors (Lipinski definition) is 4. The van der Waals surface area contributed by atoms with E-state index in [-0.39, 0.29) is 24.4 Å². The van der Waals surface area contributed by atoms with Gasteiger partial charge in [-0.05, 0) is 53.0 Å². The fraction of sp³-hybridized carbons (Fsp3) is 0.520. The van der Waals surface area contributed by atoms with Gasteiger partial charge in [0.2, 0.25) is 11.8 Å². The van der Waals surface area contributed by atoms with Gasteiger partial charge in [0.05, 0.1) is 12.6 Å². The standard InChI is InChI=1S/C25H34N2O3S/c1-17(2)14-26(19(5)28)15-25(29)27-12-10-24-22(11-13-31-24)23(27)16-30-21-8-6-20(7-9-21)18(3)4/h6-9,11,13,17-18,23H,10,12,14-16H2,1-5H3/t23-/m1/s1. The Balaban J connectivity index is 1.74. The summed E-state index contributed by atoms with van der Waals surface area (Å²) < 4.78 is 6.13. The molecule has 1 aliphatic heterocycles. The smallest absolute Gasteiger partial charge is 0.242 e. The van der Waals surface area contributed by atoms with E-state index in [1.165, 1.54) is 22.9 Å². The molecule has 0 aliphatic carbocycles. The van der Waals surface area contributed by atoms with Crippen molar-refractivity contribution >= 4 is 23.2 Å². The Labute approximate surface area is 190 Å². The molecular weight excluding hydrogens is 408 g/mol. The van der Waals surface area contributed by atoms with E-state index in [9.17, 15) is 9.59 Å². The SMILES string of the molecule is CC(=O)N(CC(=O)N1CCc2sccc2[C@H]1COc1ccc(C(C)C)cc1)CC(C)C. The van der Waals surface area contributed by atoms with Crippen LogP contribution < -0.4 is 4.74 Å². The Bertz CT molecular complexity index is 888. The minimum absolute atomic E-state index is 0.0172. The molecule has 3 rings (SSSR count). The van der Waals surface area contributed by atoms with Gasteiger partial charge < -0.3 is 14.5 Å². The highest BCUT2D eigenvalue weighted by Gasteiger charge is 2.33. The Morgan fingerprint density at radius 2 is 1.87 bits per heavy atom. The normalized spacial score (nSPS) is 15.8. The molecule has 5 nitrogen and oxygen atoms in total. The van der Waals surface area contributed by atoms with Gasteiger partial charge in [0.15, 0.2) is 0 Å². The fourth-order valence-electron chi connectivity index (χ4n) is 4.00. The van der Waals surface area contributed by atoms with E-state index in [0.29, 0.717) is 31.5 Å². The van der Waals surface area contributed by atoms with Crippen LogP contribution in [0.4, 0.5) is 0 Å². The van der Waals surface area contributed by atoms with Gasteiger partial charge in [-0.15, -0.1) is 11.3 Å². The van der Waals surface area contributed by atoms with E-state index >= 15 is 0 Å². The van der Waals surface area contributed by atoms with Crippen molar-refractivity contribution in [3.63, 3.8) is 0 Å². The Morgan fingerprint density at radius 1 is 1.16 bits per heavy atom. The summed E-state index contributed by atoms with van der Waals surface area (Å²) in [5.41, 5.74) is 2.44. The molecule has 168 valence electrons. The van der Waals surface area contributed by atoms with Crippen LogP contribution >= 0.6 is 11.3 Å². The third-order valence-electron chi connectivity index (χ3n) is 5.73. The first-order valence-corrected chi connectivity index (χ1v) is 12.0. The molecule has 1 aromatic carbocycles. The Hall–Kier alpha value is -2.34. The van der Waals surface area contributed by atoms with Crippen LogP contribution in [0.5, 0.6) is 5.75 Å². The zero-order valence-electron chi connectivity index (χ0n) is 19.3. The van der Waals surface area contributed by atoms with Gasteiger partial charge in [-0.25, -0.2) is 0 Å². The molecular formula is C25H34N2O3S. The van der Waals surface area contributed by atoms with E-state index in [2.05, 4.69) is 51.3 Å². The molecule has 0 fully saturated rings. The summed E-state index contributed by atoms with van der Waals surface area (Å²) in [4.78, 5) is 30.2. The van der Waals surface area contributed by atoms with Crippen molar-refractivity contribution in [2.24, 2.45) is 5.92 Å². The molecule has 0 N–H and O–H groups in total. The van der Waals surface area contributed by atoms with E-state index in [1.807, 2.05) is 17.0 Å². The lowest BCUT2D eigenvalue weighted by atomic mass is 10.00. The number of rotatable bonds is 8. The number of benzene rings is 1. The monoisotopic (exact) mass is 442 g/mol. The lowest BCUT2D eigenvalue weighted by Gasteiger charge is -2.37. The number of hydrogen-bond donors (Lipinski definition) is 0. The summed E-state index contributed by atoms with van der Waals surface area (Å²) in [5, 5.41) is 2.09. The maximum Gasteiger partial charge on any atom is 0.242 e.